The van der Waals surface area contributed by atoms with Gasteiger partial charge in [-0.05, 0) is 43.0 Å². The van der Waals surface area contributed by atoms with Gasteiger partial charge >= 0.3 is 0 Å². The molecule has 126 valence electrons. The molecule has 0 aromatic heterocycles. The third kappa shape index (κ3) is 6.06. The van der Waals surface area contributed by atoms with Crippen LogP contribution in [-0.2, 0) is 13.1 Å². The second-order valence-electron chi connectivity index (χ2n) is 6.37. The van der Waals surface area contributed by atoms with Gasteiger partial charge in [-0.25, -0.2) is 0 Å². The summed E-state index contributed by atoms with van der Waals surface area (Å²) in [5.74, 6) is 1.69. The van der Waals surface area contributed by atoms with Gasteiger partial charge in [0.25, 0.3) is 0 Å². The first-order valence-electron chi connectivity index (χ1n) is 8.57. The lowest BCUT2D eigenvalue weighted by atomic mass is 9.99. The van der Waals surface area contributed by atoms with Crippen molar-refractivity contribution in [2.24, 2.45) is 10.9 Å². The molecule has 2 rings (SSSR count). The standard InChI is InChI=1S/C19H30N4/c1-4-11-21-19(20-3)22-14-17-5-7-18(8-6-17)15-23-12-9-16(2)10-13-23/h4-8,16H,1,9-15H2,2-3H3,(H2,20,21,22). The van der Waals surface area contributed by atoms with Crippen molar-refractivity contribution >= 4 is 5.96 Å². The highest BCUT2D eigenvalue weighted by molar-refractivity contribution is 5.79. The number of guanidine groups is 1. The van der Waals surface area contributed by atoms with Crippen molar-refractivity contribution in [3.05, 3.63) is 48.0 Å². The van der Waals surface area contributed by atoms with E-state index >= 15 is 0 Å². The zero-order valence-corrected chi connectivity index (χ0v) is 14.5. The first-order valence-corrected chi connectivity index (χ1v) is 8.57. The SMILES string of the molecule is C=CCNC(=NC)NCc1ccc(CN2CCC(C)CC2)cc1. The Morgan fingerprint density at radius 3 is 2.48 bits per heavy atom. The van der Waals surface area contributed by atoms with Crippen molar-refractivity contribution in [2.75, 3.05) is 26.7 Å². The van der Waals surface area contributed by atoms with Gasteiger partial charge in [0, 0.05) is 26.7 Å². The van der Waals surface area contributed by atoms with E-state index in [1.54, 1.807) is 7.05 Å². The van der Waals surface area contributed by atoms with Gasteiger partial charge in [-0.15, -0.1) is 6.58 Å². The lowest BCUT2D eigenvalue weighted by molar-refractivity contribution is 0.185. The van der Waals surface area contributed by atoms with Crippen molar-refractivity contribution in [3.8, 4) is 0 Å². The molecule has 1 saturated heterocycles. The summed E-state index contributed by atoms with van der Waals surface area (Å²) in [6.45, 7) is 11.1. The number of rotatable bonds is 6. The fraction of sp³-hybridized carbons (Fsp3) is 0.526. The van der Waals surface area contributed by atoms with Crippen LogP contribution in [0, 0.1) is 5.92 Å². The van der Waals surface area contributed by atoms with Crippen LogP contribution in [0.1, 0.15) is 30.9 Å². The Morgan fingerprint density at radius 2 is 1.87 bits per heavy atom. The van der Waals surface area contributed by atoms with Crippen LogP contribution in [-0.4, -0.2) is 37.5 Å². The molecule has 0 bridgehead atoms. The van der Waals surface area contributed by atoms with Crippen molar-refractivity contribution < 1.29 is 0 Å². The van der Waals surface area contributed by atoms with E-state index in [4.69, 9.17) is 0 Å². The van der Waals surface area contributed by atoms with Crippen LogP contribution in [0.15, 0.2) is 41.9 Å². The van der Waals surface area contributed by atoms with Gasteiger partial charge < -0.3 is 10.6 Å². The summed E-state index contributed by atoms with van der Waals surface area (Å²) in [7, 11) is 1.78. The van der Waals surface area contributed by atoms with Gasteiger partial charge in [0.05, 0.1) is 0 Å². The number of likely N-dealkylation sites (tertiary alicyclic amines) is 1. The predicted molar refractivity (Wildman–Crippen MR) is 98.5 cm³/mol. The Kier molecular flexibility index (Phi) is 7.14. The number of piperidine rings is 1. The monoisotopic (exact) mass is 314 g/mol. The second-order valence-corrected chi connectivity index (χ2v) is 6.37. The Morgan fingerprint density at radius 1 is 1.22 bits per heavy atom. The summed E-state index contributed by atoms with van der Waals surface area (Å²) in [5, 5.41) is 6.48. The number of nitrogens with one attached hydrogen (secondary N) is 2. The van der Waals surface area contributed by atoms with E-state index in [0.717, 1.165) is 25.0 Å². The maximum Gasteiger partial charge on any atom is 0.191 e. The van der Waals surface area contributed by atoms with Crippen molar-refractivity contribution in [1.29, 1.82) is 0 Å². The Hall–Kier alpha value is -1.81. The topological polar surface area (TPSA) is 39.7 Å². The van der Waals surface area contributed by atoms with Gasteiger partial charge in [-0.1, -0.05) is 37.3 Å². The molecule has 1 heterocycles. The average molecular weight is 314 g/mol. The molecule has 2 N–H and O–H groups in total. The minimum absolute atomic E-state index is 0.715. The maximum atomic E-state index is 4.18. The summed E-state index contributed by atoms with van der Waals surface area (Å²) in [6.07, 6.45) is 4.49. The zero-order valence-electron chi connectivity index (χ0n) is 14.5. The maximum absolute atomic E-state index is 4.18. The number of hydrogen-bond acceptors (Lipinski definition) is 2. The van der Waals surface area contributed by atoms with E-state index in [-0.39, 0.29) is 0 Å². The van der Waals surface area contributed by atoms with Crippen molar-refractivity contribution in [3.63, 3.8) is 0 Å². The fourth-order valence-corrected chi connectivity index (χ4v) is 2.82. The first-order chi connectivity index (χ1) is 11.2. The van der Waals surface area contributed by atoms with Gasteiger partial charge in [0.2, 0.25) is 0 Å². The van der Waals surface area contributed by atoms with Gasteiger partial charge in [0.15, 0.2) is 5.96 Å². The highest BCUT2D eigenvalue weighted by Crippen LogP contribution is 2.18. The molecular formula is C19H30N4. The minimum Gasteiger partial charge on any atom is -0.353 e. The molecule has 1 fully saturated rings. The van der Waals surface area contributed by atoms with E-state index in [9.17, 15) is 0 Å². The molecule has 0 radical (unpaired) electrons. The molecule has 1 aromatic rings. The smallest absolute Gasteiger partial charge is 0.191 e. The van der Waals surface area contributed by atoms with E-state index in [1.807, 2.05) is 6.08 Å². The van der Waals surface area contributed by atoms with Gasteiger partial charge in [-0.2, -0.15) is 0 Å². The molecule has 0 amide bonds. The quantitative estimate of drug-likeness (QED) is 0.482. The highest BCUT2D eigenvalue weighted by atomic mass is 15.2. The van der Waals surface area contributed by atoms with Gasteiger partial charge in [-0.3, -0.25) is 9.89 Å². The van der Waals surface area contributed by atoms with Crippen LogP contribution in [0.3, 0.4) is 0 Å². The third-order valence-electron chi connectivity index (χ3n) is 4.40. The largest absolute Gasteiger partial charge is 0.353 e. The van der Waals surface area contributed by atoms with Crippen molar-refractivity contribution in [2.45, 2.75) is 32.9 Å². The minimum atomic E-state index is 0.715. The molecule has 1 aromatic carbocycles. The number of hydrogen-bond donors (Lipinski definition) is 2. The molecule has 0 atom stereocenters. The fourth-order valence-electron chi connectivity index (χ4n) is 2.82. The van der Waals surface area contributed by atoms with Crippen LogP contribution in [0.25, 0.3) is 0 Å². The summed E-state index contributed by atoms with van der Waals surface area (Å²) in [6, 6.07) is 8.90. The molecule has 1 aliphatic heterocycles. The number of aliphatic imine (C=N–C) groups is 1. The van der Waals surface area contributed by atoms with Crippen LogP contribution in [0.2, 0.25) is 0 Å². The van der Waals surface area contributed by atoms with E-state index in [0.29, 0.717) is 6.54 Å². The Bertz CT molecular complexity index is 499. The normalized spacial score (nSPS) is 17.0. The Labute approximate surface area is 140 Å². The van der Waals surface area contributed by atoms with Crippen LogP contribution >= 0.6 is 0 Å². The summed E-state index contributed by atoms with van der Waals surface area (Å²) < 4.78 is 0. The van der Waals surface area contributed by atoms with Crippen molar-refractivity contribution in [1.82, 2.24) is 15.5 Å². The summed E-state index contributed by atoms with van der Waals surface area (Å²) in [4.78, 5) is 6.75. The molecular weight excluding hydrogens is 284 g/mol. The average Bonchev–Trinajstić information content (AvgIpc) is 2.58. The molecule has 1 aliphatic rings. The highest BCUT2D eigenvalue weighted by Gasteiger charge is 2.15. The van der Waals surface area contributed by atoms with Crippen LogP contribution in [0.4, 0.5) is 0 Å². The molecule has 23 heavy (non-hydrogen) atoms. The molecule has 0 saturated carbocycles. The second kappa shape index (κ2) is 9.36. The zero-order chi connectivity index (χ0) is 16.5. The molecule has 4 nitrogen and oxygen atoms in total. The lowest BCUT2D eigenvalue weighted by Gasteiger charge is -2.30. The summed E-state index contributed by atoms with van der Waals surface area (Å²) >= 11 is 0. The number of nitrogens with zero attached hydrogens (tertiary/aromatic N) is 2. The van der Waals surface area contributed by atoms with E-state index in [1.165, 1.54) is 37.1 Å². The third-order valence-corrected chi connectivity index (χ3v) is 4.40. The summed E-state index contributed by atoms with van der Waals surface area (Å²) in [5.41, 5.74) is 2.67. The van der Waals surface area contributed by atoms with Crippen LogP contribution in [0.5, 0.6) is 0 Å². The van der Waals surface area contributed by atoms with Crippen LogP contribution < -0.4 is 10.6 Å². The van der Waals surface area contributed by atoms with E-state index < -0.39 is 0 Å². The van der Waals surface area contributed by atoms with E-state index in [2.05, 4.69) is 58.3 Å². The Balaban J connectivity index is 1.78. The first kappa shape index (κ1) is 17.5. The molecule has 0 aliphatic carbocycles. The molecule has 0 unspecified atom stereocenters. The molecule has 4 heteroatoms. The number of benzene rings is 1. The van der Waals surface area contributed by atoms with Gasteiger partial charge in [0.1, 0.15) is 0 Å². The lowest BCUT2D eigenvalue weighted by Crippen LogP contribution is -2.36. The molecule has 0 spiro atoms. The predicted octanol–water partition coefficient (Wildman–Crippen LogP) is 2.77.